The Hall–Kier alpha value is -3.46. The van der Waals surface area contributed by atoms with Crippen molar-refractivity contribution in [3.8, 4) is 6.07 Å². The quantitative estimate of drug-likeness (QED) is 0.742. The summed E-state index contributed by atoms with van der Waals surface area (Å²) in [6.07, 6.45) is -0.0117. The molecule has 1 aromatic heterocycles. The molecular formula is C21H18FN3O2. The van der Waals surface area contributed by atoms with Crippen LogP contribution in [0, 0.1) is 36.9 Å². The molecule has 136 valence electrons. The van der Waals surface area contributed by atoms with Crippen LogP contribution in [0.1, 0.15) is 16.7 Å². The Morgan fingerprint density at radius 1 is 1.19 bits per heavy atom. The summed E-state index contributed by atoms with van der Waals surface area (Å²) in [4.78, 5) is 27.7. The molecule has 0 aliphatic heterocycles. The third kappa shape index (κ3) is 3.87. The molecule has 0 saturated heterocycles. The minimum absolute atomic E-state index is 0.0117. The van der Waals surface area contributed by atoms with Gasteiger partial charge in [0.1, 0.15) is 11.7 Å². The second kappa shape index (κ2) is 7.42. The lowest BCUT2D eigenvalue weighted by Gasteiger charge is -2.12. The molecule has 5 nitrogen and oxygen atoms in total. The molecule has 1 unspecified atom stereocenters. The van der Waals surface area contributed by atoms with Gasteiger partial charge in [-0.1, -0.05) is 12.1 Å². The van der Waals surface area contributed by atoms with Gasteiger partial charge in [0.05, 0.1) is 11.6 Å². The molecule has 0 saturated carbocycles. The van der Waals surface area contributed by atoms with Gasteiger partial charge in [0, 0.05) is 23.1 Å². The highest BCUT2D eigenvalue weighted by Crippen LogP contribution is 2.21. The molecule has 2 aromatic carbocycles. The minimum atomic E-state index is -1.04. The van der Waals surface area contributed by atoms with Gasteiger partial charge in [0.15, 0.2) is 0 Å². The third-order valence-electron chi connectivity index (χ3n) is 4.53. The third-order valence-corrected chi connectivity index (χ3v) is 4.53. The van der Waals surface area contributed by atoms with Crippen LogP contribution in [0.4, 0.5) is 10.1 Å². The molecular weight excluding hydrogens is 345 g/mol. The first-order chi connectivity index (χ1) is 12.9. The summed E-state index contributed by atoms with van der Waals surface area (Å²) in [6.45, 7) is 3.85. The topological polar surface area (TPSA) is 85.8 Å². The standard InChI is InChI=1S/C21H18FN3O2/c1-12-3-4-13(2)19-18(12)10-14(20(26)25-19)9-15(11-23)21(27)24-17-7-5-16(22)6-8-17/h3-8,10,15H,9H2,1-2H3,(H,24,27)(H,25,26). The Bertz CT molecular complexity index is 1110. The fourth-order valence-electron chi connectivity index (χ4n) is 2.95. The number of aryl methyl sites for hydroxylation is 2. The number of aromatic nitrogens is 1. The number of carbonyl (C=O) groups is 1. The molecule has 3 aromatic rings. The van der Waals surface area contributed by atoms with Crippen LogP contribution in [0.25, 0.3) is 10.9 Å². The Labute approximate surface area is 155 Å². The van der Waals surface area contributed by atoms with E-state index in [-0.39, 0.29) is 12.0 Å². The van der Waals surface area contributed by atoms with Gasteiger partial charge in [-0.3, -0.25) is 9.59 Å². The predicted molar refractivity (Wildman–Crippen MR) is 102 cm³/mol. The number of aromatic amines is 1. The zero-order valence-corrected chi connectivity index (χ0v) is 15.0. The van der Waals surface area contributed by atoms with Crippen molar-refractivity contribution < 1.29 is 9.18 Å². The van der Waals surface area contributed by atoms with Gasteiger partial charge in [-0.25, -0.2) is 4.39 Å². The normalized spacial score (nSPS) is 11.8. The summed E-state index contributed by atoms with van der Waals surface area (Å²) in [7, 11) is 0. The largest absolute Gasteiger partial charge is 0.325 e. The number of nitrogens with zero attached hydrogens (tertiary/aromatic N) is 1. The van der Waals surface area contributed by atoms with Gasteiger partial charge in [0.2, 0.25) is 5.91 Å². The highest BCUT2D eigenvalue weighted by Gasteiger charge is 2.21. The van der Waals surface area contributed by atoms with Crippen molar-refractivity contribution in [2.75, 3.05) is 5.32 Å². The predicted octanol–water partition coefficient (Wildman–Crippen LogP) is 3.61. The number of anilines is 1. The molecule has 1 amide bonds. The number of carbonyl (C=O) groups excluding carboxylic acids is 1. The van der Waals surface area contributed by atoms with Crippen LogP contribution in [0.2, 0.25) is 0 Å². The lowest BCUT2D eigenvalue weighted by molar-refractivity contribution is -0.118. The Morgan fingerprint density at radius 2 is 1.85 bits per heavy atom. The second-order valence-electron chi connectivity index (χ2n) is 6.49. The molecule has 6 heteroatoms. The molecule has 2 N–H and O–H groups in total. The number of hydrogen-bond acceptors (Lipinski definition) is 3. The van der Waals surface area contributed by atoms with Crippen molar-refractivity contribution in [3.63, 3.8) is 0 Å². The smallest absolute Gasteiger partial charge is 0.251 e. The number of nitriles is 1. The number of rotatable bonds is 4. The van der Waals surface area contributed by atoms with Crippen LogP contribution in [-0.4, -0.2) is 10.9 Å². The maximum absolute atomic E-state index is 13.0. The average molecular weight is 363 g/mol. The van der Waals surface area contributed by atoms with Crippen LogP contribution >= 0.6 is 0 Å². The average Bonchev–Trinajstić information content (AvgIpc) is 2.65. The minimum Gasteiger partial charge on any atom is -0.325 e. The fraction of sp³-hybridized carbons (Fsp3) is 0.190. The van der Waals surface area contributed by atoms with E-state index in [1.165, 1.54) is 24.3 Å². The number of H-pyrrole nitrogens is 1. The first-order valence-corrected chi connectivity index (χ1v) is 8.47. The summed E-state index contributed by atoms with van der Waals surface area (Å²) < 4.78 is 13.0. The van der Waals surface area contributed by atoms with E-state index in [1.807, 2.05) is 32.0 Å². The van der Waals surface area contributed by atoms with E-state index in [1.54, 1.807) is 6.07 Å². The Morgan fingerprint density at radius 3 is 2.52 bits per heavy atom. The summed E-state index contributed by atoms with van der Waals surface area (Å²) >= 11 is 0. The van der Waals surface area contributed by atoms with Gasteiger partial charge in [0.25, 0.3) is 5.56 Å². The van der Waals surface area contributed by atoms with E-state index >= 15 is 0 Å². The summed E-state index contributed by atoms with van der Waals surface area (Å²) in [5.41, 5.74) is 3.15. The molecule has 3 rings (SSSR count). The van der Waals surface area contributed by atoms with Crippen molar-refractivity contribution in [2.45, 2.75) is 20.3 Å². The van der Waals surface area contributed by atoms with Crippen LogP contribution in [0.15, 0.2) is 47.3 Å². The van der Waals surface area contributed by atoms with Crippen molar-refractivity contribution in [1.29, 1.82) is 5.26 Å². The Kier molecular flexibility index (Phi) is 5.04. The molecule has 0 fully saturated rings. The highest BCUT2D eigenvalue weighted by molar-refractivity contribution is 5.94. The number of nitrogens with one attached hydrogen (secondary N) is 2. The molecule has 27 heavy (non-hydrogen) atoms. The molecule has 0 bridgehead atoms. The zero-order valence-electron chi connectivity index (χ0n) is 15.0. The molecule has 0 aliphatic rings. The van der Waals surface area contributed by atoms with Crippen molar-refractivity contribution in [1.82, 2.24) is 4.98 Å². The number of amides is 1. The maximum Gasteiger partial charge on any atom is 0.251 e. The van der Waals surface area contributed by atoms with E-state index in [2.05, 4.69) is 10.3 Å². The van der Waals surface area contributed by atoms with E-state index in [0.717, 1.165) is 22.0 Å². The number of halogens is 1. The first kappa shape index (κ1) is 18.3. The summed E-state index contributed by atoms with van der Waals surface area (Å²) in [6, 6.07) is 12.8. The molecule has 0 radical (unpaired) electrons. The second-order valence-corrected chi connectivity index (χ2v) is 6.49. The monoisotopic (exact) mass is 363 g/mol. The number of fused-ring (bicyclic) bond motifs is 1. The fourth-order valence-corrected chi connectivity index (χ4v) is 2.95. The summed E-state index contributed by atoms with van der Waals surface area (Å²) in [5.74, 6) is -2.00. The Balaban J connectivity index is 1.88. The SMILES string of the molecule is Cc1ccc(C)c2[nH]c(=O)c(CC(C#N)C(=O)Nc3ccc(F)cc3)cc12. The van der Waals surface area contributed by atoms with Crippen molar-refractivity contribution in [2.24, 2.45) is 5.92 Å². The molecule has 0 aliphatic carbocycles. The zero-order chi connectivity index (χ0) is 19.6. The lowest BCUT2D eigenvalue weighted by atomic mass is 9.97. The van der Waals surface area contributed by atoms with Crippen LogP contribution in [-0.2, 0) is 11.2 Å². The van der Waals surface area contributed by atoms with Crippen LogP contribution in [0.3, 0.4) is 0 Å². The first-order valence-electron chi connectivity index (χ1n) is 8.47. The van der Waals surface area contributed by atoms with E-state index in [9.17, 15) is 19.2 Å². The van der Waals surface area contributed by atoms with Gasteiger partial charge >= 0.3 is 0 Å². The van der Waals surface area contributed by atoms with Crippen LogP contribution < -0.4 is 10.9 Å². The lowest BCUT2D eigenvalue weighted by Crippen LogP contribution is -2.26. The highest BCUT2D eigenvalue weighted by atomic mass is 19.1. The van der Waals surface area contributed by atoms with Crippen molar-refractivity contribution >= 4 is 22.5 Å². The van der Waals surface area contributed by atoms with Gasteiger partial charge in [-0.15, -0.1) is 0 Å². The molecule has 1 heterocycles. The maximum atomic E-state index is 13.0. The molecule has 1 atom stereocenters. The molecule has 0 spiro atoms. The summed E-state index contributed by atoms with van der Waals surface area (Å²) in [5, 5.41) is 12.9. The number of pyridine rings is 1. The van der Waals surface area contributed by atoms with Gasteiger partial charge in [-0.05, 0) is 55.3 Å². The van der Waals surface area contributed by atoms with Crippen LogP contribution in [0.5, 0.6) is 0 Å². The van der Waals surface area contributed by atoms with E-state index in [4.69, 9.17) is 0 Å². The van der Waals surface area contributed by atoms with Crippen molar-refractivity contribution in [3.05, 3.63) is 75.3 Å². The number of hydrogen-bond donors (Lipinski definition) is 2. The number of benzene rings is 2. The van der Waals surface area contributed by atoms with Gasteiger partial charge in [-0.2, -0.15) is 5.26 Å². The van der Waals surface area contributed by atoms with E-state index in [0.29, 0.717) is 11.3 Å². The van der Waals surface area contributed by atoms with E-state index < -0.39 is 17.6 Å². The van der Waals surface area contributed by atoms with Gasteiger partial charge < -0.3 is 10.3 Å².